The quantitative estimate of drug-likeness (QED) is 0.861. The first-order chi connectivity index (χ1) is 8.49. The van der Waals surface area contributed by atoms with Gasteiger partial charge in [-0.3, -0.25) is 0 Å². The minimum Gasteiger partial charge on any atom is -0.388 e. The van der Waals surface area contributed by atoms with E-state index in [1.807, 2.05) is 30.3 Å². The van der Waals surface area contributed by atoms with Crippen LogP contribution in [0.25, 0.3) is 0 Å². The summed E-state index contributed by atoms with van der Waals surface area (Å²) >= 11 is 0. The molecule has 0 radical (unpaired) electrons. The highest BCUT2D eigenvalue weighted by Crippen LogP contribution is 2.50. The van der Waals surface area contributed by atoms with Crippen LogP contribution in [0.5, 0.6) is 0 Å². The second-order valence-corrected chi connectivity index (χ2v) is 6.54. The van der Waals surface area contributed by atoms with Gasteiger partial charge in [0.2, 0.25) is 0 Å². The van der Waals surface area contributed by atoms with Gasteiger partial charge in [-0.25, -0.2) is 0 Å². The normalized spacial score (nSPS) is 23.6. The average molecular weight is 247 g/mol. The highest BCUT2D eigenvalue weighted by Gasteiger charge is 2.42. The van der Waals surface area contributed by atoms with Gasteiger partial charge >= 0.3 is 0 Å². The van der Waals surface area contributed by atoms with Crippen molar-refractivity contribution in [3.05, 3.63) is 35.9 Å². The fourth-order valence-corrected chi connectivity index (χ4v) is 3.00. The number of nitrogens with two attached hydrogens (primary N) is 1. The van der Waals surface area contributed by atoms with Gasteiger partial charge in [0.15, 0.2) is 0 Å². The number of benzene rings is 1. The molecule has 2 rings (SSSR count). The topological polar surface area (TPSA) is 46.2 Å². The Kier molecular flexibility index (Phi) is 3.79. The summed E-state index contributed by atoms with van der Waals surface area (Å²) in [6.45, 7) is 5.18. The molecule has 1 fully saturated rings. The van der Waals surface area contributed by atoms with Crippen molar-refractivity contribution in [2.24, 2.45) is 16.6 Å². The summed E-state index contributed by atoms with van der Waals surface area (Å²) in [6.07, 6.45) is 3.90. The number of hydrogen-bond donors (Lipinski definition) is 2. The van der Waals surface area contributed by atoms with Gasteiger partial charge in [-0.15, -0.1) is 0 Å². The van der Waals surface area contributed by atoms with Gasteiger partial charge in [-0.05, 0) is 36.7 Å². The molecule has 1 aromatic carbocycles. The molecule has 0 amide bonds. The van der Waals surface area contributed by atoms with Crippen LogP contribution in [0.1, 0.15) is 51.2 Å². The van der Waals surface area contributed by atoms with Crippen molar-refractivity contribution in [1.82, 2.24) is 0 Å². The van der Waals surface area contributed by atoms with E-state index in [-0.39, 0.29) is 5.41 Å². The highest BCUT2D eigenvalue weighted by atomic mass is 16.3. The molecule has 1 saturated carbocycles. The monoisotopic (exact) mass is 247 g/mol. The second-order valence-electron chi connectivity index (χ2n) is 6.54. The minimum absolute atomic E-state index is 0.128. The lowest BCUT2D eigenvalue weighted by Gasteiger charge is -2.45. The van der Waals surface area contributed by atoms with Gasteiger partial charge in [0.25, 0.3) is 0 Å². The van der Waals surface area contributed by atoms with Gasteiger partial charge in [-0.2, -0.15) is 0 Å². The van der Waals surface area contributed by atoms with Crippen molar-refractivity contribution < 1.29 is 5.11 Å². The van der Waals surface area contributed by atoms with E-state index in [9.17, 15) is 5.11 Å². The summed E-state index contributed by atoms with van der Waals surface area (Å²) in [5.74, 6) is 0. The lowest BCUT2D eigenvalue weighted by molar-refractivity contribution is -0.0235. The van der Waals surface area contributed by atoms with Gasteiger partial charge < -0.3 is 10.8 Å². The highest BCUT2D eigenvalue weighted by molar-refractivity contribution is 5.20. The van der Waals surface area contributed by atoms with E-state index in [0.29, 0.717) is 12.0 Å². The third kappa shape index (κ3) is 2.60. The number of aliphatic hydroxyl groups excluding tert-OH is 1. The van der Waals surface area contributed by atoms with Crippen molar-refractivity contribution in [3.63, 3.8) is 0 Å². The molecular formula is C16H25NO. The molecule has 0 heterocycles. The second kappa shape index (κ2) is 5.02. The molecule has 1 unspecified atom stereocenters. The zero-order chi connectivity index (χ0) is 13.2. The molecule has 1 aliphatic carbocycles. The number of rotatable bonds is 3. The molecule has 1 aliphatic rings. The van der Waals surface area contributed by atoms with Crippen LogP contribution in [0.4, 0.5) is 0 Å². The summed E-state index contributed by atoms with van der Waals surface area (Å²) in [7, 11) is 0. The Morgan fingerprint density at radius 1 is 1.11 bits per heavy atom. The summed E-state index contributed by atoms with van der Waals surface area (Å²) in [5.41, 5.74) is 7.28. The first-order valence-corrected chi connectivity index (χ1v) is 6.92. The molecule has 0 bridgehead atoms. The van der Waals surface area contributed by atoms with E-state index >= 15 is 0 Å². The zero-order valence-corrected chi connectivity index (χ0v) is 11.5. The minimum atomic E-state index is -0.431. The molecule has 1 atom stereocenters. The molecule has 0 aliphatic heterocycles. The van der Waals surface area contributed by atoms with E-state index in [4.69, 9.17) is 5.73 Å². The molecule has 3 N–H and O–H groups in total. The first kappa shape index (κ1) is 13.6. The lowest BCUT2D eigenvalue weighted by atomic mass is 9.62. The lowest BCUT2D eigenvalue weighted by Crippen LogP contribution is -2.41. The summed E-state index contributed by atoms with van der Waals surface area (Å²) < 4.78 is 0. The Balaban J connectivity index is 2.19. The summed E-state index contributed by atoms with van der Waals surface area (Å²) in [4.78, 5) is 0. The molecule has 2 heteroatoms. The number of aliphatic hydroxyl groups is 1. The average Bonchev–Trinajstić information content (AvgIpc) is 2.40. The van der Waals surface area contributed by atoms with Crippen molar-refractivity contribution in [3.8, 4) is 0 Å². The molecule has 18 heavy (non-hydrogen) atoms. The molecule has 2 nitrogen and oxygen atoms in total. The van der Waals surface area contributed by atoms with E-state index in [1.165, 1.54) is 0 Å². The van der Waals surface area contributed by atoms with Crippen molar-refractivity contribution in [2.75, 3.05) is 6.54 Å². The molecular weight excluding hydrogens is 222 g/mol. The van der Waals surface area contributed by atoms with Crippen molar-refractivity contribution in [1.29, 1.82) is 0 Å². The predicted molar refractivity (Wildman–Crippen MR) is 75.1 cm³/mol. The van der Waals surface area contributed by atoms with E-state index in [0.717, 1.165) is 31.2 Å². The van der Waals surface area contributed by atoms with Crippen LogP contribution in [-0.2, 0) is 0 Å². The van der Waals surface area contributed by atoms with E-state index in [2.05, 4.69) is 13.8 Å². The standard InChI is InChI=1S/C16H25NO/c1-15(2)8-10-16(12-17,11-9-15)14(18)13-6-4-3-5-7-13/h3-7,14,18H,8-12,17H2,1-2H3. The first-order valence-electron chi connectivity index (χ1n) is 6.92. The van der Waals surface area contributed by atoms with Crippen LogP contribution in [-0.4, -0.2) is 11.7 Å². The third-order valence-corrected chi connectivity index (χ3v) is 4.70. The molecule has 0 aromatic heterocycles. The van der Waals surface area contributed by atoms with E-state index < -0.39 is 6.10 Å². The fourth-order valence-electron chi connectivity index (χ4n) is 3.00. The zero-order valence-electron chi connectivity index (χ0n) is 11.5. The van der Waals surface area contributed by atoms with E-state index in [1.54, 1.807) is 0 Å². The smallest absolute Gasteiger partial charge is 0.0858 e. The molecule has 0 spiro atoms. The van der Waals surface area contributed by atoms with Gasteiger partial charge in [-0.1, -0.05) is 44.2 Å². The van der Waals surface area contributed by atoms with Crippen LogP contribution in [0.15, 0.2) is 30.3 Å². The molecule has 1 aromatic rings. The Labute approximate surface area is 110 Å². The van der Waals surface area contributed by atoms with Gasteiger partial charge in [0, 0.05) is 12.0 Å². The Morgan fingerprint density at radius 2 is 1.67 bits per heavy atom. The molecule has 0 saturated heterocycles. The Morgan fingerprint density at radius 3 is 2.17 bits per heavy atom. The Bertz CT molecular complexity index is 375. The third-order valence-electron chi connectivity index (χ3n) is 4.70. The van der Waals surface area contributed by atoms with Crippen LogP contribution < -0.4 is 5.73 Å². The Hall–Kier alpha value is -0.860. The largest absolute Gasteiger partial charge is 0.388 e. The van der Waals surface area contributed by atoms with Crippen LogP contribution >= 0.6 is 0 Å². The van der Waals surface area contributed by atoms with Crippen LogP contribution in [0.2, 0.25) is 0 Å². The predicted octanol–water partition coefficient (Wildman–Crippen LogP) is 3.27. The maximum atomic E-state index is 10.7. The van der Waals surface area contributed by atoms with Crippen molar-refractivity contribution in [2.45, 2.75) is 45.6 Å². The van der Waals surface area contributed by atoms with Crippen LogP contribution in [0.3, 0.4) is 0 Å². The summed E-state index contributed by atoms with van der Waals surface area (Å²) in [5, 5.41) is 10.7. The maximum Gasteiger partial charge on any atom is 0.0858 e. The fraction of sp³-hybridized carbons (Fsp3) is 0.625. The van der Waals surface area contributed by atoms with Crippen LogP contribution in [0, 0.1) is 10.8 Å². The van der Waals surface area contributed by atoms with Crippen molar-refractivity contribution >= 4 is 0 Å². The summed E-state index contributed by atoms with van der Waals surface area (Å²) in [6, 6.07) is 9.95. The maximum absolute atomic E-state index is 10.7. The number of hydrogen-bond acceptors (Lipinski definition) is 2. The van der Waals surface area contributed by atoms with Gasteiger partial charge in [0.1, 0.15) is 0 Å². The van der Waals surface area contributed by atoms with Gasteiger partial charge in [0.05, 0.1) is 6.10 Å². The molecule has 100 valence electrons. The SMILES string of the molecule is CC1(C)CCC(CN)(C(O)c2ccccc2)CC1.